The molecule has 1 amide bonds. The van der Waals surface area contributed by atoms with E-state index in [2.05, 4.69) is 55.6 Å². The molecule has 136 valence electrons. The van der Waals surface area contributed by atoms with Crippen molar-refractivity contribution in [2.24, 2.45) is 17.1 Å². The van der Waals surface area contributed by atoms with Gasteiger partial charge in [0.25, 0.3) is 0 Å². The van der Waals surface area contributed by atoms with Crippen molar-refractivity contribution in [2.75, 3.05) is 13.2 Å². The molecule has 0 heterocycles. The van der Waals surface area contributed by atoms with Crippen LogP contribution in [-0.4, -0.2) is 25.3 Å². The third kappa shape index (κ3) is 2.69. The normalized spacial score (nSPS) is 22.9. The van der Waals surface area contributed by atoms with E-state index in [0.717, 1.165) is 6.42 Å². The van der Waals surface area contributed by atoms with E-state index in [1.165, 1.54) is 22.3 Å². The van der Waals surface area contributed by atoms with Gasteiger partial charge in [-0.25, -0.2) is 4.79 Å². The summed E-state index contributed by atoms with van der Waals surface area (Å²) in [5.74, 6) is 0.556. The van der Waals surface area contributed by atoms with Crippen LogP contribution in [0.15, 0.2) is 48.5 Å². The van der Waals surface area contributed by atoms with Crippen LogP contribution in [0.5, 0.6) is 0 Å². The molecular weight excluding hydrogens is 324 g/mol. The summed E-state index contributed by atoms with van der Waals surface area (Å²) in [5.41, 5.74) is 10.8. The van der Waals surface area contributed by atoms with Gasteiger partial charge in [-0.05, 0) is 46.6 Å². The van der Waals surface area contributed by atoms with E-state index >= 15 is 0 Å². The lowest BCUT2D eigenvalue weighted by Crippen LogP contribution is -2.60. The number of amides is 1. The van der Waals surface area contributed by atoms with Crippen molar-refractivity contribution in [3.8, 4) is 11.1 Å². The van der Waals surface area contributed by atoms with E-state index in [1.807, 2.05) is 12.1 Å². The third-order valence-electron chi connectivity index (χ3n) is 6.39. The number of ether oxygens (including phenoxy) is 1. The van der Waals surface area contributed by atoms with Crippen LogP contribution in [0, 0.1) is 11.3 Å². The summed E-state index contributed by atoms with van der Waals surface area (Å²) in [4.78, 5) is 12.3. The molecule has 0 saturated heterocycles. The van der Waals surface area contributed by atoms with Crippen molar-refractivity contribution in [3.63, 3.8) is 0 Å². The predicted molar refractivity (Wildman–Crippen MR) is 103 cm³/mol. The molecule has 4 rings (SSSR count). The van der Waals surface area contributed by atoms with Crippen LogP contribution < -0.4 is 11.1 Å². The first-order valence-corrected chi connectivity index (χ1v) is 9.34. The maximum atomic E-state index is 12.3. The highest BCUT2D eigenvalue weighted by Gasteiger charge is 2.48. The Morgan fingerprint density at radius 1 is 1.12 bits per heavy atom. The molecular formula is C22H26N2O2. The quantitative estimate of drug-likeness (QED) is 0.879. The highest BCUT2D eigenvalue weighted by atomic mass is 16.5. The van der Waals surface area contributed by atoms with E-state index in [4.69, 9.17) is 10.5 Å². The van der Waals surface area contributed by atoms with Crippen LogP contribution in [-0.2, 0) is 4.74 Å². The number of benzene rings is 2. The van der Waals surface area contributed by atoms with Crippen molar-refractivity contribution in [1.82, 2.24) is 5.32 Å². The molecule has 3 N–H and O–H groups in total. The molecule has 2 aliphatic rings. The standard InChI is InChI=1S/C22H26N2O2/c1-22(2)14(12-23)11-20(22)24-21(25)26-13-19-17-9-5-3-7-15(17)16-8-4-6-10-18(16)19/h3-10,14,19-20H,11-13,23H2,1-2H3,(H,24,25)/t14-,20-/m1/s1. The van der Waals surface area contributed by atoms with Gasteiger partial charge in [0, 0.05) is 12.0 Å². The Balaban J connectivity index is 1.43. The molecule has 2 atom stereocenters. The maximum Gasteiger partial charge on any atom is 0.407 e. The van der Waals surface area contributed by atoms with Crippen LogP contribution in [0.25, 0.3) is 11.1 Å². The molecule has 0 aliphatic heterocycles. The average Bonchev–Trinajstić information content (AvgIpc) is 2.97. The van der Waals surface area contributed by atoms with Crippen LogP contribution in [0.1, 0.15) is 37.3 Å². The summed E-state index contributed by atoms with van der Waals surface area (Å²) in [7, 11) is 0. The van der Waals surface area contributed by atoms with Gasteiger partial charge in [-0.15, -0.1) is 0 Å². The Bertz CT molecular complexity index is 785. The second-order valence-corrected chi connectivity index (χ2v) is 8.01. The Kier molecular flexibility index (Phi) is 4.23. The second kappa shape index (κ2) is 6.44. The first-order valence-electron chi connectivity index (χ1n) is 9.34. The van der Waals surface area contributed by atoms with Crippen LogP contribution >= 0.6 is 0 Å². The van der Waals surface area contributed by atoms with Crippen LogP contribution in [0.3, 0.4) is 0 Å². The van der Waals surface area contributed by atoms with Gasteiger partial charge in [-0.2, -0.15) is 0 Å². The van der Waals surface area contributed by atoms with Gasteiger partial charge in [0.05, 0.1) is 0 Å². The zero-order valence-electron chi connectivity index (χ0n) is 15.4. The minimum absolute atomic E-state index is 0.0281. The molecule has 0 unspecified atom stereocenters. The molecule has 0 bridgehead atoms. The summed E-state index contributed by atoms with van der Waals surface area (Å²) in [6, 6.07) is 16.9. The van der Waals surface area contributed by atoms with Crippen molar-refractivity contribution in [3.05, 3.63) is 59.7 Å². The molecule has 2 aromatic carbocycles. The molecule has 4 nitrogen and oxygen atoms in total. The fraction of sp³-hybridized carbons (Fsp3) is 0.409. The van der Waals surface area contributed by atoms with E-state index in [9.17, 15) is 4.79 Å². The number of nitrogens with one attached hydrogen (secondary N) is 1. The number of fused-ring (bicyclic) bond motifs is 3. The molecule has 1 saturated carbocycles. The minimum Gasteiger partial charge on any atom is -0.449 e. The number of carbonyl (C=O) groups excluding carboxylic acids is 1. The van der Waals surface area contributed by atoms with E-state index in [0.29, 0.717) is 19.1 Å². The molecule has 0 spiro atoms. The number of rotatable bonds is 4. The van der Waals surface area contributed by atoms with Gasteiger partial charge < -0.3 is 15.8 Å². The molecule has 4 heteroatoms. The maximum absolute atomic E-state index is 12.3. The molecule has 0 radical (unpaired) electrons. The van der Waals surface area contributed by atoms with Gasteiger partial charge in [-0.1, -0.05) is 62.4 Å². The average molecular weight is 350 g/mol. The lowest BCUT2D eigenvalue weighted by atomic mass is 9.58. The lowest BCUT2D eigenvalue weighted by molar-refractivity contribution is 0.0178. The fourth-order valence-electron chi connectivity index (χ4n) is 4.44. The molecule has 26 heavy (non-hydrogen) atoms. The number of hydrogen-bond donors (Lipinski definition) is 2. The number of alkyl carbamates (subject to hydrolysis) is 1. The Morgan fingerprint density at radius 2 is 1.69 bits per heavy atom. The third-order valence-corrected chi connectivity index (χ3v) is 6.39. The fourth-order valence-corrected chi connectivity index (χ4v) is 4.44. The van der Waals surface area contributed by atoms with Crippen LogP contribution in [0.4, 0.5) is 4.79 Å². The first-order chi connectivity index (χ1) is 12.5. The van der Waals surface area contributed by atoms with Gasteiger partial charge >= 0.3 is 6.09 Å². The Hall–Kier alpha value is -2.33. The first kappa shape index (κ1) is 17.1. The Labute approximate surface area is 154 Å². The summed E-state index contributed by atoms with van der Waals surface area (Å²) in [5, 5.41) is 3.03. The minimum atomic E-state index is -0.333. The van der Waals surface area contributed by atoms with Gasteiger partial charge in [0.1, 0.15) is 6.61 Å². The van der Waals surface area contributed by atoms with E-state index in [-0.39, 0.29) is 23.5 Å². The largest absolute Gasteiger partial charge is 0.449 e. The summed E-state index contributed by atoms with van der Waals surface area (Å²) in [6.07, 6.45) is 0.591. The molecule has 0 aromatic heterocycles. The zero-order valence-corrected chi connectivity index (χ0v) is 15.4. The van der Waals surface area contributed by atoms with Crippen molar-refractivity contribution >= 4 is 6.09 Å². The van der Waals surface area contributed by atoms with Crippen LogP contribution in [0.2, 0.25) is 0 Å². The van der Waals surface area contributed by atoms with Crippen molar-refractivity contribution in [1.29, 1.82) is 0 Å². The smallest absolute Gasteiger partial charge is 0.407 e. The van der Waals surface area contributed by atoms with Gasteiger partial charge in [0.15, 0.2) is 0 Å². The number of carbonyl (C=O) groups is 1. The van der Waals surface area contributed by atoms with E-state index in [1.54, 1.807) is 0 Å². The summed E-state index contributed by atoms with van der Waals surface area (Å²) >= 11 is 0. The topological polar surface area (TPSA) is 64.3 Å². The van der Waals surface area contributed by atoms with Gasteiger partial charge in [-0.3, -0.25) is 0 Å². The lowest BCUT2D eigenvalue weighted by Gasteiger charge is -2.51. The van der Waals surface area contributed by atoms with Gasteiger partial charge in [0.2, 0.25) is 0 Å². The van der Waals surface area contributed by atoms with E-state index < -0.39 is 0 Å². The predicted octanol–water partition coefficient (Wildman–Crippen LogP) is 3.90. The highest BCUT2D eigenvalue weighted by molar-refractivity contribution is 5.79. The van der Waals surface area contributed by atoms with Crippen molar-refractivity contribution < 1.29 is 9.53 Å². The summed E-state index contributed by atoms with van der Waals surface area (Å²) in [6.45, 7) is 5.33. The summed E-state index contributed by atoms with van der Waals surface area (Å²) < 4.78 is 5.63. The SMILES string of the molecule is CC1(C)[C@@H](CN)C[C@H]1NC(=O)OCC1c2ccccc2-c2ccccc21. The monoisotopic (exact) mass is 350 g/mol. The molecule has 2 aromatic rings. The van der Waals surface area contributed by atoms with Crippen molar-refractivity contribution in [2.45, 2.75) is 32.2 Å². The molecule has 2 aliphatic carbocycles. The molecule has 1 fully saturated rings. The number of nitrogens with two attached hydrogens (primary N) is 1. The second-order valence-electron chi connectivity index (χ2n) is 8.01. The number of hydrogen-bond acceptors (Lipinski definition) is 3. The zero-order chi connectivity index (χ0) is 18.3. The highest BCUT2D eigenvalue weighted by Crippen LogP contribution is 2.46. The Morgan fingerprint density at radius 3 is 2.23 bits per heavy atom.